The Bertz CT molecular complexity index is 1100. The van der Waals surface area contributed by atoms with Crippen LogP contribution < -0.4 is 10.1 Å². The first-order valence-electron chi connectivity index (χ1n) is 8.97. The molecular weight excluding hydrogens is 350 g/mol. The van der Waals surface area contributed by atoms with Gasteiger partial charge in [0.15, 0.2) is 5.78 Å². The molecule has 1 N–H and O–H groups in total. The molecule has 0 heterocycles. The van der Waals surface area contributed by atoms with Crippen molar-refractivity contribution in [3.05, 3.63) is 95.6 Å². The lowest BCUT2D eigenvalue weighted by molar-refractivity contribution is 0.0904. The van der Waals surface area contributed by atoms with Crippen molar-refractivity contribution in [2.45, 2.75) is 0 Å². The smallest absolute Gasteiger partial charge is 0.252 e. The summed E-state index contributed by atoms with van der Waals surface area (Å²) in [6, 6.07) is 20.3. The largest absolute Gasteiger partial charge is 0.497 e. The van der Waals surface area contributed by atoms with Crippen LogP contribution in [0.25, 0.3) is 16.7 Å². The minimum absolute atomic E-state index is 0.0720. The Morgan fingerprint density at radius 1 is 0.893 bits per heavy atom. The number of nitrogens with one attached hydrogen (secondary N) is 1. The summed E-state index contributed by atoms with van der Waals surface area (Å²) in [5.41, 5.74) is 5.84. The molecule has 4 rings (SSSR count). The molecule has 1 amide bonds. The molecule has 1 aliphatic carbocycles. The number of ketones is 1. The second kappa shape index (κ2) is 7.16. The second-order valence-electron chi connectivity index (χ2n) is 6.59. The molecule has 0 radical (unpaired) electrons. The lowest BCUT2D eigenvalue weighted by Gasteiger charge is -2.10. The fraction of sp³-hybridized carbons (Fsp3) is 0.0833. The van der Waals surface area contributed by atoms with Gasteiger partial charge in [0.1, 0.15) is 5.75 Å². The number of methoxy groups -OCH3 is 1. The molecule has 0 bridgehead atoms. The van der Waals surface area contributed by atoms with Gasteiger partial charge in [-0.15, -0.1) is 0 Å². The molecule has 0 saturated carbocycles. The van der Waals surface area contributed by atoms with Crippen molar-refractivity contribution in [3.8, 4) is 16.9 Å². The Morgan fingerprint density at radius 2 is 1.57 bits per heavy atom. The van der Waals surface area contributed by atoms with Crippen LogP contribution in [0, 0.1) is 0 Å². The van der Waals surface area contributed by atoms with Crippen molar-refractivity contribution in [3.63, 3.8) is 0 Å². The van der Waals surface area contributed by atoms with E-state index in [0.29, 0.717) is 16.9 Å². The Hall–Kier alpha value is -3.66. The first-order chi connectivity index (χ1) is 13.6. The zero-order chi connectivity index (χ0) is 19.7. The molecule has 0 aromatic heterocycles. The molecule has 1 aliphatic rings. The Kier molecular flexibility index (Phi) is 4.53. The lowest BCUT2D eigenvalue weighted by Crippen LogP contribution is -2.30. The molecule has 0 unspecified atom stereocenters. The maximum atomic E-state index is 12.8. The highest BCUT2D eigenvalue weighted by atomic mass is 16.5. The topological polar surface area (TPSA) is 55.4 Å². The molecule has 0 spiro atoms. The highest BCUT2D eigenvalue weighted by Gasteiger charge is 2.26. The van der Waals surface area contributed by atoms with E-state index in [1.165, 1.54) is 0 Å². The SMILES string of the molecule is C=C1c2ccccc2-c2c1cccc2C(=O)NCC(=O)c1ccc(OC)cc1. The van der Waals surface area contributed by atoms with Crippen LogP contribution in [0.5, 0.6) is 5.75 Å². The van der Waals surface area contributed by atoms with Gasteiger partial charge in [0.2, 0.25) is 0 Å². The highest BCUT2D eigenvalue weighted by Crippen LogP contribution is 2.44. The van der Waals surface area contributed by atoms with Gasteiger partial charge >= 0.3 is 0 Å². The average Bonchev–Trinajstić information content (AvgIpc) is 3.04. The van der Waals surface area contributed by atoms with E-state index in [4.69, 9.17) is 4.74 Å². The molecule has 0 fully saturated rings. The van der Waals surface area contributed by atoms with E-state index < -0.39 is 0 Å². The van der Waals surface area contributed by atoms with Gasteiger partial charge in [-0.3, -0.25) is 9.59 Å². The summed E-state index contributed by atoms with van der Waals surface area (Å²) in [5.74, 6) is 0.246. The summed E-state index contributed by atoms with van der Waals surface area (Å²) in [4.78, 5) is 25.2. The Balaban J connectivity index is 1.56. The second-order valence-corrected chi connectivity index (χ2v) is 6.59. The highest BCUT2D eigenvalue weighted by molar-refractivity contribution is 6.11. The van der Waals surface area contributed by atoms with Gasteiger partial charge in [-0.2, -0.15) is 0 Å². The van der Waals surface area contributed by atoms with Gasteiger partial charge < -0.3 is 10.1 Å². The first kappa shape index (κ1) is 17.7. The normalized spacial score (nSPS) is 11.5. The summed E-state index contributed by atoms with van der Waals surface area (Å²) < 4.78 is 5.10. The van der Waals surface area contributed by atoms with Gasteiger partial charge in [-0.05, 0) is 52.6 Å². The van der Waals surface area contributed by atoms with E-state index >= 15 is 0 Å². The van der Waals surface area contributed by atoms with E-state index in [1.807, 2.05) is 36.4 Å². The number of ether oxygens (including phenoxy) is 1. The third-order valence-electron chi connectivity index (χ3n) is 4.98. The number of fused-ring (bicyclic) bond motifs is 3. The summed E-state index contributed by atoms with van der Waals surface area (Å²) in [7, 11) is 1.57. The summed E-state index contributed by atoms with van der Waals surface area (Å²) in [5, 5.41) is 2.75. The number of hydrogen-bond acceptors (Lipinski definition) is 3. The predicted octanol–water partition coefficient (Wildman–Crippen LogP) is 4.35. The van der Waals surface area contributed by atoms with Crippen LogP contribution >= 0.6 is 0 Å². The van der Waals surface area contributed by atoms with E-state index in [0.717, 1.165) is 27.8 Å². The summed E-state index contributed by atoms with van der Waals surface area (Å²) in [6.07, 6.45) is 0. The van der Waals surface area contributed by atoms with Crippen LogP contribution in [0.3, 0.4) is 0 Å². The molecule has 28 heavy (non-hydrogen) atoms. The third kappa shape index (κ3) is 2.99. The maximum Gasteiger partial charge on any atom is 0.252 e. The first-order valence-corrected chi connectivity index (χ1v) is 8.97. The van der Waals surface area contributed by atoms with Crippen molar-refractivity contribution in [2.24, 2.45) is 0 Å². The van der Waals surface area contributed by atoms with Crippen molar-refractivity contribution < 1.29 is 14.3 Å². The maximum absolute atomic E-state index is 12.8. The van der Waals surface area contributed by atoms with Crippen LogP contribution in [-0.4, -0.2) is 25.3 Å². The number of amides is 1. The summed E-state index contributed by atoms with van der Waals surface area (Å²) >= 11 is 0. The molecule has 3 aromatic rings. The van der Waals surface area contributed by atoms with E-state index in [2.05, 4.69) is 11.9 Å². The van der Waals surface area contributed by atoms with Gasteiger partial charge in [0.25, 0.3) is 5.91 Å². The molecule has 4 heteroatoms. The van der Waals surface area contributed by atoms with E-state index in [-0.39, 0.29) is 18.2 Å². The van der Waals surface area contributed by atoms with Gasteiger partial charge in [-0.1, -0.05) is 43.0 Å². The number of Topliss-reactive ketones (excluding diaryl/α,β-unsaturated/α-hetero) is 1. The van der Waals surface area contributed by atoms with Crippen LogP contribution in [0.1, 0.15) is 31.8 Å². The van der Waals surface area contributed by atoms with Crippen LogP contribution in [-0.2, 0) is 0 Å². The average molecular weight is 369 g/mol. The summed E-state index contributed by atoms with van der Waals surface area (Å²) in [6.45, 7) is 4.10. The molecule has 4 nitrogen and oxygen atoms in total. The quantitative estimate of drug-likeness (QED) is 0.532. The molecule has 0 atom stereocenters. The fourth-order valence-electron chi connectivity index (χ4n) is 3.53. The Morgan fingerprint density at radius 3 is 2.29 bits per heavy atom. The molecule has 138 valence electrons. The van der Waals surface area contributed by atoms with Crippen LogP contribution in [0.2, 0.25) is 0 Å². The molecule has 0 saturated heterocycles. The molecule has 0 aliphatic heterocycles. The minimum atomic E-state index is -0.275. The molecular formula is C24H19NO3. The van der Waals surface area contributed by atoms with Crippen molar-refractivity contribution in [1.29, 1.82) is 0 Å². The van der Waals surface area contributed by atoms with Crippen molar-refractivity contribution in [2.75, 3.05) is 13.7 Å². The van der Waals surface area contributed by atoms with Gasteiger partial charge in [0, 0.05) is 16.7 Å². The van der Waals surface area contributed by atoms with E-state index in [1.54, 1.807) is 37.4 Å². The fourth-order valence-corrected chi connectivity index (χ4v) is 3.53. The zero-order valence-electron chi connectivity index (χ0n) is 15.5. The van der Waals surface area contributed by atoms with Gasteiger partial charge in [-0.25, -0.2) is 0 Å². The van der Waals surface area contributed by atoms with Crippen molar-refractivity contribution >= 4 is 17.3 Å². The number of rotatable bonds is 5. The zero-order valence-corrected chi connectivity index (χ0v) is 15.5. The number of benzene rings is 3. The Labute approximate surface area is 163 Å². The minimum Gasteiger partial charge on any atom is -0.497 e. The van der Waals surface area contributed by atoms with Crippen LogP contribution in [0.4, 0.5) is 0 Å². The number of carbonyl (C=O) groups is 2. The predicted molar refractivity (Wildman–Crippen MR) is 110 cm³/mol. The van der Waals surface area contributed by atoms with Crippen molar-refractivity contribution in [1.82, 2.24) is 5.32 Å². The number of hydrogen-bond donors (Lipinski definition) is 1. The monoisotopic (exact) mass is 369 g/mol. The van der Waals surface area contributed by atoms with Gasteiger partial charge in [0.05, 0.1) is 13.7 Å². The number of carbonyl (C=O) groups excluding carboxylic acids is 2. The van der Waals surface area contributed by atoms with Crippen LogP contribution in [0.15, 0.2) is 73.3 Å². The molecule has 3 aromatic carbocycles. The third-order valence-corrected chi connectivity index (χ3v) is 4.98. The lowest BCUT2D eigenvalue weighted by atomic mass is 9.98. The standard InChI is InChI=1S/C24H19NO3/c1-15-18-6-3-4-7-20(18)23-19(15)8-5-9-21(23)24(27)25-14-22(26)16-10-12-17(28-2)13-11-16/h3-13H,1,14H2,2H3,(H,25,27). The van der Waals surface area contributed by atoms with E-state index in [9.17, 15) is 9.59 Å².